The van der Waals surface area contributed by atoms with Crippen molar-refractivity contribution < 1.29 is 0 Å². The molecule has 3 heteroatoms. The molecular weight excluding hydrogens is 216 g/mol. The molecule has 0 bridgehead atoms. The van der Waals surface area contributed by atoms with Crippen LogP contribution in [0.1, 0.15) is 17.5 Å². The number of aliphatic imine (C=N–C) groups is 1. The highest BCUT2D eigenvalue weighted by Crippen LogP contribution is 2.37. The zero-order chi connectivity index (χ0) is 11.0. The zero-order valence-electron chi connectivity index (χ0n) is 9.31. The number of hydrogen-bond acceptors (Lipinski definition) is 3. The SMILES string of the molecule is Cc1ccc(C2=CN3CCCN=C3S2)cc1. The largest absolute Gasteiger partial charge is 0.326 e. The van der Waals surface area contributed by atoms with Crippen LogP contribution in [0.2, 0.25) is 0 Å². The van der Waals surface area contributed by atoms with E-state index in [0.717, 1.165) is 13.1 Å². The molecule has 1 aromatic rings. The second-order valence-electron chi connectivity index (χ2n) is 4.17. The van der Waals surface area contributed by atoms with Crippen molar-refractivity contribution in [1.29, 1.82) is 0 Å². The molecule has 0 saturated heterocycles. The van der Waals surface area contributed by atoms with Gasteiger partial charge in [0.25, 0.3) is 0 Å². The summed E-state index contributed by atoms with van der Waals surface area (Å²) in [5.41, 5.74) is 2.61. The van der Waals surface area contributed by atoms with Crippen LogP contribution in [-0.2, 0) is 0 Å². The third-order valence-electron chi connectivity index (χ3n) is 2.86. The lowest BCUT2D eigenvalue weighted by Crippen LogP contribution is -2.25. The molecule has 0 atom stereocenters. The Hall–Kier alpha value is -1.22. The topological polar surface area (TPSA) is 15.6 Å². The van der Waals surface area contributed by atoms with Crippen molar-refractivity contribution in [1.82, 2.24) is 4.90 Å². The summed E-state index contributed by atoms with van der Waals surface area (Å²) in [7, 11) is 0. The van der Waals surface area contributed by atoms with Crippen LogP contribution < -0.4 is 0 Å². The number of amidine groups is 1. The van der Waals surface area contributed by atoms with Gasteiger partial charge in [0.05, 0.1) is 0 Å². The Morgan fingerprint density at radius 2 is 2.06 bits per heavy atom. The van der Waals surface area contributed by atoms with E-state index < -0.39 is 0 Å². The lowest BCUT2D eigenvalue weighted by molar-refractivity contribution is 0.524. The molecule has 2 aliphatic rings. The second-order valence-corrected chi connectivity index (χ2v) is 5.18. The number of fused-ring (bicyclic) bond motifs is 1. The quantitative estimate of drug-likeness (QED) is 0.736. The van der Waals surface area contributed by atoms with Crippen LogP contribution in [0, 0.1) is 6.92 Å². The third kappa shape index (κ3) is 1.76. The van der Waals surface area contributed by atoms with Crippen LogP contribution >= 0.6 is 11.8 Å². The van der Waals surface area contributed by atoms with Gasteiger partial charge in [-0.15, -0.1) is 0 Å². The Kier molecular flexibility index (Phi) is 2.48. The number of thioether (sulfide) groups is 1. The molecule has 0 radical (unpaired) electrons. The fraction of sp³-hybridized carbons (Fsp3) is 0.308. The highest BCUT2D eigenvalue weighted by molar-refractivity contribution is 8.22. The Bertz CT molecular complexity index is 459. The molecule has 0 aliphatic carbocycles. The minimum atomic E-state index is 0.980. The van der Waals surface area contributed by atoms with E-state index in [-0.39, 0.29) is 0 Å². The number of rotatable bonds is 1. The van der Waals surface area contributed by atoms with Crippen molar-refractivity contribution in [3.05, 3.63) is 41.6 Å². The monoisotopic (exact) mass is 230 g/mol. The van der Waals surface area contributed by atoms with E-state index >= 15 is 0 Å². The molecule has 3 rings (SSSR count). The van der Waals surface area contributed by atoms with Gasteiger partial charge in [-0.2, -0.15) is 0 Å². The van der Waals surface area contributed by atoms with Crippen molar-refractivity contribution in [3.8, 4) is 0 Å². The molecule has 0 saturated carbocycles. The maximum Gasteiger partial charge on any atom is 0.168 e. The van der Waals surface area contributed by atoms with Crippen LogP contribution in [0.3, 0.4) is 0 Å². The zero-order valence-corrected chi connectivity index (χ0v) is 10.1. The first kappa shape index (κ1) is 9.97. The number of benzene rings is 1. The minimum Gasteiger partial charge on any atom is -0.326 e. The van der Waals surface area contributed by atoms with Crippen molar-refractivity contribution in [2.45, 2.75) is 13.3 Å². The summed E-state index contributed by atoms with van der Waals surface area (Å²) < 4.78 is 0. The molecule has 2 aliphatic heterocycles. The van der Waals surface area contributed by atoms with Gasteiger partial charge in [0.1, 0.15) is 0 Å². The first-order valence-corrected chi connectivity index (χ1v) is 6.42. The lowest BCUT2D eigenvalue weighted by atomic mass is 10.1. The molecular formula is C13H14N2S. The predicted molar refractivity (Wildman–Crippen MR) is 70.4 cm³/mol. The Morgan fingerprint density at radius 1 is 1.25 bits per heavy atom. The number of aryl methyl sites for hydroxylation is 1. The molecule has 0 unspecified atom stereocenters. The predicted octanol–water partition coefficient (Wildman–Crippen LogP) is 3.10. The maximum atomic E-state index is 4.54. The summed E-state index contributed by atoms with van der Waals surface area (Å²) in [5.74, 6) is 0. The number of hydrogen-bond donors (Lipinski definition) is 0. The van der Waals surface area contributed by atoms with E-state index in [0.29, 0.717) is 0 Å². The fourth-order valence-electron chi connectivity index (χ4n) is 1.93. The van der Waals surface area contributed by atoms with E-state index in [9.17, 15) is 0 Å². The van der Waals surface area contributed by atoms with E-state index in [1.54, 1.807) is 11.8 Å². The van der Waals surface area contributed by atoms with Crippen LogP contribution in [0.4, 0.5) is 0 Å². The Morgan fingerprint density at radius 3 is 2.81 bits per heavy atom. The van der Waals surface area contributed by atoms with Crippen LogP contribution in [0.25, 0.3) is 4.91 Å². The van der Waals surface area contributed by atoms with Crippen LogP contribution in [0.5, 0.6) is 0 Å². The average molecular weight is 230 g/mol. The van der Waals surface area contributed by atoms with Gasteiger partial charge in [-0.3, -0.25) is 4.99 Å². The van der Waals surface area contributed by atoms with Gasteiger partial charge < -0.3 is 4.90 Å². The van der Waals surface area contributed by atoms with Gasteiger partial charge in [0, 0.05) is 24.2 Å². The molecule has 2 nitrogen and oxygen atoms in total. The summed E-state index contributed by atoms with van der Waals surface area (Å²) in [6.07, 6.45) is 3.40. The molecule has 82 valence electrons. The summed E-state index contributed by atoms with van der Waals surface area (Å²) >= 11 is 1.79. The van der Waals surface area contributed by atoms with E-state index in [4.69, 9.17) is 0 Å². The van der Waals surface area contributed by atoms with Crippen molar-refractivity contribution in [3.63, 3.8) is 0 Å². The summed E-state index contributed by atoms with van der Waals surface area (Å²) in [4.78, 5) is 8.13. The van der Waals surface area contributed by atoms with Gasteiger partial charge in [-0.05, 0) is 30.7 Å². The van der Waals surface area contributed by atoms with E-state index in [2.05, 4.69) is 47.3 Å². The molecule has 2 heterocycles. The Balaban J connectivity index is 1.89. The van der Waals surface area contributed by atoms with Gasteiger partial charge >= 0.3 is 0 Å². The second kappa shape index (κ2) is 3.98. The van der Waals surface area contributed by atoms with Crippen molar-refractivity contribution in [2.24, 2.45) is 4.99 Å². The lowest BCUT2D eigenvalue weighted by Gasteiger charge is -2.19. The summed E-state index contributed by atoms with van der Waals surface area (Å²) in [6, 6.07) is 8.70. The average Bonchev–Trinajstić information content (AvgIpc) is 2.73. The Labute approximate surface area is 100 Å². The van der Waals surface area contributed by atoms with Gasteiger partial charge in [-0.25, -0.2) is 0 Å². The first-order chi connectivity index (χ1) is 7.83. The van der Waals surface area contributed by atoms with Gasteiger partial charge in [-0.1, -0.05) is 29.8 Å². The third-order valence-corrected chi connectivity index (χ3v) is 3.97. The summed E-state index contributed by atoms with van der Waals surface area (Å²) in [6.45, 7) is 4.21. The highest BCUT2D eigenvalue weighted by atomic mass is 32.2. The van der Waals surface area contributed by atoms with E-state index in [1.165, 1.54) is 27.6 Å². The van der Waals surface area contributed by atoms with Gasteiger partial charge in [0.15, 0.2) is 5.17 Å². The molecule has 0 N–H and O–H groups in total. The smallest absolute Gasteiger partial charge is 0.168 e. The van der Waals surface area contributed by atoms with Gasteiger partial charge in [0.2, 0.25) is 0 Å². The molecule has 1 aromatic carbocycles. The maximum absolute atomic E-state index is 4.54. The number of nitrogens with zero attached hydrogens (tertiary/aromatic N) is 2. The fourth-order valence-corrected chi connectivity index (χ4v) is 2.98. The normalized spacial score (nSPS) is 19.2. The molecule has 0 spiro atoms. The summed E-state index contributed by atoms with van der Waals surface area (Å²) in [5, 5.41) is 1.17. The van der Waals surface area contributed by atoms with E-state index in [1.807, 2.05) is 0 Å². The van der Waals surface area contributed by atoms with Crippen LogP contribution in [-0.4, -0.2) is 23.2 Å². The molecule has 0 amide bonds. The molecule has 0 fully saturated rings. The molecule has 0 aromatic heterocycles. The standard InChI is InChI=1S/C13H14N2S/c1-10-3-5-11(6-4-10)12-9-15-8-2-7-14-13(15)16-12/h3-6,9H,2,7-8H2,1H3. The van der Waals surface area contributed by atoms with Crippen LogP contribution in [0.15, 0.2) is 35.5 Å². The molecule has 16 heavy (non-hydrogen) atoms. The highest BCUT2D eigenvalue weighted by Gasteiger charge is 2.23. The first-order valence-electron chi connectivity index (χ1n) is 5.61. The minimum absolute atomic E-state index is 0.980. The van der Waals surface area contributed by atoms with Crippen molar-refractivity contribution >= 4 is 21.8 Å². The van der Waals surface area contributed by atoms with Crippen molar-refractivity contribution in [2.75, 3.05) is 13.1 Å².